The number of fused-ring (bicyclic) bond motifs is 1. The van der Waals surface area contributed by atoms with E-state index in [0.29, 0.717) is 24.4 Å². The van der Waals surface area contributed by atoms with Crippen LogP contribution in [0, 0.1) is 0 Å². The molecule has 27 heavy (non-hydrogen) atoms. The SMILES string of the molecule is Cl.O=C1CCC(N2Cc3cc(-c4cc(CCl)ccn4)ccc3C2=O)C(=O)N1. The van der Waals surface area contributed by atoms with E-state index >= 15 is 0 Å². The lowest BCUT2D eigenvalue weighted by molar-refractivity contribution is -0.136. The topological polar surface area (TPSA) is 79.4 Å². The number of imide groups is 1. The van der Waals surface area contributed by atoms with E-state index in [2.05, 4.69) is 10.3 Å². The Balaban J connectivity index is 0.00000210. The molecule has 140 valence electrons. The van der Waals surface area contributed by atoms with Crippen molar-refractivity contribution in [3.63, 3.8) is 0 Å². The summed E-state index contributed by atoms with van der Waals surface area (Å²) in [5, 5.41) is 2.31. The predicted molar refractivity (Wildman–Crippen MR) is 103 cm³/mol. The number of nitrogens with zero attached hydrogens (tertiary/aromatic N) is 2. The first-order valence-corrected chi connectivity index (χ1v) is 8.89. The minimum absolute atomic E-state index is 0. The molecule has 1 atom stereocenters. The van der Waals surface area contributed by atoms with Crippen molar-refractivity contribution in [3.05, 3.63) is 53.2 Å². The highest BCUT2D eigenvalue weighted by molar-refractivity contribution is 6.17. The van der Waals surface area contributed by atoms with Gasteiger partial charge in [-0.15, -0.1) is 24.0 Å². The number of pyridine rings is 1. The Morgan fingerprint density at radius 1 is 1.19 bits per heavy atom. The molecule has 1 saturated heterocycles. The van der Waals surface area contributed by atoms with Gasteiger partial charge < -0.3 is 4.90 Å². The number of hydrogen-bond acceptors (Lipinski definition) is 4. The largest absolute Gasteiger partial charge is 0.322 e. The smallest absolute Gasteiger partial charge is 0.255 e. The molecule has 0 bridgehead atoms. The molecule has 3 heterocycles. The Bertz CT molecular complexity index is 932. The molecule has 1 fully saturated rings. The number of hydrogen-bond donors (Lipinski definition) is 1. The van der Waals surface area contributed by atoms with Gasteiger partial charge in [0, 0.05) is 36.2 Å². The average molecular weight is 406 g/mol. The maximum absolute atomic E-state index is 12.7. The zero-order chi connectivity index (χ0) is 18.3. The number of alkyl halides is 1. The number of aromatic nitrogens is 1. The fourth-order valence-corrected chi connectivity index (χ4v) is 3.62. The second-order valence-electron chi connectivity index (χ2n) is 6.45. The molecular formula is C19H17Cl2N3O3. The number of carbonyl (C=O) groups excluding carboxylic acids is 3. The number of amides is 3. The Labute approximate surface area is 167 Å². The van der Waals surface area contributed by atoms with Crippen molar-refractivity contribution in [2.24, 2.45) is 0 Å². The Hall–Kier alpha value is -2.44. The highest BCUT2D eigenvalue weighted by Crippen LogP contribution is 2.30. The molecule has 0 spiro atoms. The summed E-state index contributed by atoms with van der Waals surface area (Å²) in [6.07, 6.45) is 2.31. The van der Waals surface area contributed by atoms with E-state index in [1.165, 1.54) is 0 Å². The summed E-state index contributed by atoms with van der Waals surface area (Å²) in [6, 6.07) is 8.73. The fourth-order valence-electron chi connectivity index (χ4n) is 3.45. The van der Waals surface area contributed by atoms with Crippen LogP contribution < -0.4 is 5.32 Å². The van der Waals surface area contributed by atoms with Crippen LogP contribution in [0.4, 0.5) is 0 Å². The molecular weight excluding hydrogens is 389 g/mol. The second-order valence-corrected chi connectivity index (χ2v) is 6.72. The summed E-state index contributed by atoms with van der Waals surface area (Å²) >= 11 is 5.89. The Kier molecular flexibility index (Phi) is 5.48. The van der Waals surface area contributed by atoms with Gasteiger partial charge in [-0.2, -0.15) is 0 Å². The van der Waals surface area contributed by atoms with Gasteiger partial charge >= 0.3 is 0 Å². The quantitative estimate of drug-likeness (QED) is 0.628. The molecule has 1 aromatic heterocycles. The molecule has 1 aromatic carbocycles. The Morgan fingerprint density at radius 3 is 2.74 bits per heavy atom. The number of carbonyl (C=O) groups is 3. The minimum Gasteiger partial charge on any atom is -0.322 e. The summed E-state index contributed by atoms with van der Waals surface area (Å²) < 4.78 is 0. The van der Waals surface area contributed by atoms with Crippen LogP contribution in [0.2, 0.25) is 0 Å². The van der Waals surface area contributed by atoms with Crippen LogP contribution in [0.3, 0.4) is 0 Å². The van der Waals surface area contributed by atoms with Crippen molar-refractivity contribution in [2.75, 3.05) is 0 Å². The first-order valence-electron chi connectivity index (χ1n) is 8.35. The molecule has 8 heteroatoms. The molecule has 2 aliphatic rings. The normalized spacial score (nSPS) is 18.8. The summed E-state index contributed by atoms with van der Waals surface area (Å²) in [5.74, 6) is -0.465. The number of rotatable bonds is 3. The molecule has 1 unspecified atom stereocenters. The molecule has 3 amide bonds. The monoisotopic (exact) mass is 405 g/mol. The highest BCUT2D eigenvalue weighted by Gasteiger charge is 2.39. The van der Waals surface area contributed by atoms with Crippen LogP contribution in [0.15, 0.2) is 36.5 Å². The van der Waals surface area contributed by atoms with Gasteiger partial charge in [0.25, 0.3) is 5.91 Å². The van der Waals surface area contributed by atoms with Gasteiger partial charge in [-0.3, -0.25) is 24.7 Å². The van der Waals surface area contributed by atoms with Gasteiger partial charge in [0.15, 0.2) is 0 Å². The first-order chi connectivity index (χ1) is 12.6. The lowest BCUT2D eigenvalue weighted by atomic mass is 10.0. The van der Waals surface area contributed by atoms with Crippen molar-refractivity contribution in [1.29, 1.82) is 0 Å². The van der Waals surface area contributed by atoms with E-state index in [9.17, 15) is 14.4 Å². The molecule has 0 saturated carbocycles. The number of nitrogens with one attached hydrogen (secondary N) is 1. The summed E-state index contributed by atoms with van der Waals surface area (Å²) in [5.41, 5.74) is 4.10. The van der Waals surface area contributed by atoms with Crippen molar-refractivity contribution in [2.45, 2.75) is 31.3 Å². The summed E-state index contributed by atoms with van der Waals surface area (Å²) in [6.45, 7) is 0.351. The third kappa shape index (κ3) is 3.55. The number of piperidine rings is 1. The zero-order valence-electron chi connectivity index (χ0n) is 14.3. The molecule has 0 aliphatic carbocycles. The van der Waals surface area contributed by atoms with E-state index in [1.54, 1.807) is 17.2 Å². The van der Waals surface area contributed by atoms with Gasteiger partial charge in [-0.25, -0.2) is 0 Å². The van der Waals surface area contributed by atoms with E-state index in [0.717, 1.165) is 22.4 Å². The molecule has 4 rings (SSSR count). The number of benzene rings is 1. The molecule has 2 aromatic rings. The van der Waals surface area contributed by atoms with Gasteiger partial charge in [0.1, 0.15) is 6.04 Å². The van der Waals surface area contributed by atoms with Crippen LogP contribution >= 0.6 is 24.0 Å². The maximum Gasteiger partial charge on any atom is 0.255 e. The van der Waals surface area contributed by atoms with Gasteiger partial charge in [-0.05, 0) is 41.8 Å². The third-order valence-corrected chi connectivity index (χ3v) is 5.11. The fraction of sp³-hybridized carbons (Fsp3) is 0.263. The lowest BCUT2D eigenvalue weighted by Crippen LogP contribution is -2.52. The van der Waals surface area contributed by atoms with Crippen molar-refractivity contribution < 1.29 is 14.4 Å². The van der Waals surface area contributed by atoms with Crippen molar-refractivity contribution >= 4 is 41.7 Å². The van der Waals surface area contributed by atoms with Gasteiger partial charge in [0.2, 0.25) is 11.8 Å². The number of halogens is 2. The first kappa shape index (κ1) is 19.3. The molecule has 1 N–H and O–H groups in total. The van der Waals surface area contributed by atoms with E-state index in [1.807, 2.05) is 24.3 Å². The average Bonchev–Trinajstić information content (AvgIpc) is 2.98. The van der Waals surface area contributed by atoms with Crippen LogP contribution in [-0.4, -0.2) is 33.6 Å². The van der Waals surface area contributed by atoms with Crippen molar-refractivity contribution in [3.8, 4) is 11.3 Å². The second kappa shape index (κ2) is 7.66. The minimum atomic E-state index is -0.603. The van der Waals surface area contributed by atoms with Gasteiger partial charge in [0.05, 0.1) is 5.69 Å². The Morgan fingerprint density at radius 2 is 2.00 bits per heavy atom. The molecule has 6 nitrogen and oxygen atoms in total. The molecule has 0 radical (unpaired) electrons. The lowest BCUT2D eigenvalue weighted by Gasteiger charge is -2.29. The third-order valence-electron chi connectivity index (χ3n) is 4.80. The van der Waals surface area contributed by atoms with E-state index in [4.69, 9.17) is 11.6 Å². The standard InChI is InChI=1S/C19H16ClN3O3.ClH/c20-9-11-5-6-21-15(7-11)12-1-2-14-13(8-12)10-23(19(14)26)16-3-4-17(24)22-18(16)25;/h1-2,5-8,16H,3-4,9-10H2,(H,22,24,25);1H. The summed E-state index contributed by atoms with van der Waals surface area (Å²) in [7, 11) is 0. The van der Waals surface area contributed by atoms with Gasteiger partial charge in [-0.1, -0.05) is 6.07 Å². The maximum atomic E-state index is 12.7. The van der Waals surface area contributed by atoms with Crippen LogP contribution in [0.1, 0.15) is 34.3 Å². The van der Waals surface area contributed by atoms with Crippen LogP contribution in [-0.2, 0) is 22.0 Å². The van der Waals surface area contributed by atoms with E-state index < -0.39 is 11.9 Å². The van der Waals surface area contributed by atoms with Crippen molar-refractivity contribution in [1.82, 2.24) is 15.2 Å². The predicted octanol–water partition coefficient (Wildman–Crippen LogP) is 2.67. The van der Waals surface area contributed by atoms with Crippen LogP contribution in [0.5, 0.6) is 0 Å². The summed E-state index contributed by atoms with van der Waals surface area (Å²) in [4.78, 5) is 42.0. The van der Waals surface area contributed by atoms with Crippen LogP contribution in [0.25, 0.3) is 11.3 Å². The zero-order valence-corrected chi connectivity index (χ0v) is 15.8. The highest BCUT2D eigenvalue weighted by atomic mass is 35.5. The van der Waals surface area contributed by atoms with E-state index in [-0.39, 0.29) is 30.6 Å². The molecule has 2 aliphatic heterocycles.